The van der Waals surface area contributed by atoms with Crippen LogP contribution in [-0.4, -0.2) is 31.8 Å². The molecule has 0 spiro atoms. The molecule has 9 nitrogen and oxygen atoms in total. The molecular weight excluding hydrogens is 315 g/mol. The van der Waals surface area contributed by atoms with Crippen LogP contribution >= 0.6 is 7.82 Å². The predicted molar refractivity (Wildman–Crippen MR) is 64.1 cm³/mol. The van der Waals surface area contributed by atoms with Crippen molar-refractivity contribution in [3.05, 3.63) is 22.5 Å². The fraction of sp³-hybridized carbons (Fsp3) is 0.556. The van der Waals surface area contributed by atoms with E-state index in [-0.39, 0.29) is 12.8 Å². The van der Waals surface area contributed by atoms with E-state index in [0.717, 1.165) is 6.20 Å². The van der Waals surface area contributed by atoms with Crippen LogP contribution in [-0.2, 0) is 13.8 Å². The molecular formula is C9H12F2N3O6P. The maximum Gasteiger partial charge on any atom is 0.469 e. The van der Waals surface area contributed by atoms with E-state index in [0.29, 0.717) is 4.57 Å². The van der Waals surface area contributed by atoms with Gasteiger partial charge in [0.15, 0.2) is 11.6 Å². The Labute approximate surface area is 116 Å². The molecule has 2 rings (SSSR count). The zero-order chi connectivity index (χ0) is 15.8. The minimum absolute atomic E-state index is 0.0358. The van der Waals surface area contributed by atoms with Crippen LogP contribution in [0.15, 0.2) is 11.0 Å². The van der Waals surface area contributed by atoms with Crippen molar-refractivity contribution in [3.8, 4) is 0 Å². The van der Waals surface area contributed by atoms with E-state index in [9.17, 15) is 18.1 Å². The van der Waals surface area contributed by atoms with Gasteiger partial charge >= 0.3 is 13.5 Å². The summed E-state index contributed by atoms with van der Waals surface area (Å²) in [5.41, 5.74) is 4.18. The Balaban J connectivity index is 2.14. The van der Waals surface area contributed by atoms with Crippen LogP contribution in [0.2, 0.25) is 0 Å². The van der Waals surface area contributed by atoms with Gasteiger partial charge in [-0.1, -0.05) is 0 Å². The Kier molecular flexibility index (Phi) is 4.13. The van der Waals surface area contributed by atoms with Gasteiger partial charge in [-0.05, 0) is 6.42 Å². The van der Waals surface area contributed by atoms with E-state index in [4.69, 9.17) is 20.3 Å². The number of phosphoric acid groups is 1. The summed E-state index contributed by atoms with van der Waals surface area (Å²) in [7, 11) is -4.85. The summed E-state index contributed by atoms with van der Waals surface area (Å²) in [5.74, 6) is -4.06. The van der Waals surface area contributed by atoms with E-state index in [2.05, 4.69) is 9.51 Å². The molecule has 118 valence electrons. The number of hydrogen-bond acceptors (Lipinski definition) is 6. The fourth-order valence-electron chi connectivity index (χ4n) is 1.85. The Bertz CT molecular complexity index is 649. The minimum atomic E-state index is -4.85. The van der Waals surface area contributed by atoms with Gasteiger partial charge < -0.3 is 20.3 Å². The van der Waals surface area contributed by atoms with Gasteiger partial charge in [-0.2, -0.15) is 4.98 Å². The van der Waals surface area contributed by atoms with Gasteiger partial charge in [-0.15, -0.1) is 0 Å². The summed E-state index contributed by atoms with van der Waals surface area (Å²) < 4.78 is 47.6. The highest BCUT2D eigenvalue weighted by atomic mass is 31.2. The molecule has 1 aromatic heterocycles. The lowest BCUT2D eigenvalue weighted by Crippen LogP contribution is -2.32. The van der Waals surface area contributed by atoms with Gasteiger partial charge in [0.2, 0.25) is 5.85 Å². The van der Waals surface area contributed by atoms with Gasteiger partial charge in [0.1, 0.15) is 12.8 Å². The van der Waals surface area contributed by atoms with Crippen molar-refractivity contribution in [3.63, 3.8) is 0 Å². The van der Waals surface area contributed by atoms with Crippen molar-refractivity contribution in [1.82, 2.24) is 9.55 Å². The number of halogens is 2. The van der Waals surface area contributed by atoms with Gasteiger partial charge in [0, 0.05) is 6.42 Å². The first-order chi connectivity index (χ1) is 9.60. The second-order valence-electron chi connectivity index (χ2n) is 4.42. The molecule has 4 N–H and O–H groups in total. The van der Waals surface area contributed by atoms with Crippen molar-refractivity contribution >= 4 is 13.6 Å². The number of hydrogen-bond donors (Lipinski definition) is 3. The molecule has 1 aliphatic heterocycles. The fourth-order valence-corrected chi connectivity index (χ4v) is 2.21. The summed E-state index contributed by atoms with van der Waals surface area (Å²) >= 11 is 0. The molecule has 0 radical (unpaired) electrons. The maximum atomic E-state index is 14.1. The van der Waals surface area contributed by atoms with E-state index in [1.54, 1.807) is 0 Å². The summed E-state index contributed by atoms with van der Waals surface area (Å²) in [4.78, 5) is 31.8. The lowest BCUT2D eigenvalue weighted by atomic mass is 10.2. The van der Waals surface area contributed by atoms with Crippen molar-refractivity contribution in [2.75, 3.05) is 12.3 Å². The van der Waals surface area contributed by atoms with Gasteiger partial charge in [0.05, 0.1) is 6.20 Å². The highest BCUT2D eigenvalue weighted by Gasteiger charge is 2.43. The molecule has 1 saturated heterocycles. The molecule has 21 heavy (non-hydrogen) atoms. The molecule has 0 saturated carbocycles. The zero-order valence-corrected chi connectivity index (χ0v) is 11.4. The number of nitrogen functional groups attached to an aromatic ring is 1. The van der Waals surface area contributed by atoms with Gasteiger partial charge in [-0.25, -0.2) is 18.1 Å². The van der Waals surface area contributed by atoms with Crippen LogP contribution in [0.4, 0.5) is 14.6 Å². The van der Waals surface area contributed by atoms with Crippen LogP contribution in [0.5, 0.6) is 0 Å². The third-order valence-electron chi connectivity index (χ3n) is 2.80. The monoisotopic (exact) mass is 327 g/mol. The second kappa shape index (κ2) is 5.43. The summed E-state index contributed by atoms with van der Waals surface area (Å²) in [6, 6.07) is 0. The van der Waals surface area contributed by atoms with Crippen molar-refractivity contribution in [2.24, 2.45) is 0 Å². The molecule has 1 aliphatic rings. The zero-order valence-electron chi connectivity index (χ0n) is 10.5. The standard InChI is InChI=1S/C9H12F2N3O6P/c10-5-3-14(8(15)13-7(5)12)6-1-2-9(11,20-6)4-19-21(16,17)18/h3,6H,1-2,4H2,(H2,12,13,15)(H2,16,17,18)/t6-,9+/m1/s1. The van der Waals surface area contributed by atoms with Crippen LogP contribution < -0.4 is 11.4 Å². The lowest BCUT2D eigenvalue weighted by Gasteiger charge is -2.21. The summed E-state index contributed by atoms with van der Waals surface area (Å²) in [5, 5.41) is 0. The Morgan fingerprint density at radius 1 is 1.67 bits per heavy atom. The predicted octanol–water partition coefficient (Wildman–Crippen LogP) is 0.0487. The number of rotatable bonds is 4. The van der Waals surface area contributed by atoms with Crippen LogP contribution in [0.1, 0.15) is 19.1 Å². The number of ether oxygens (including phenoxy) is 1. The number of anilines is 1. The highest BCUT2D eigenvalue weighted by molar-refractivity contribution is 7.46. The van der Waals surface area contributed by atoms with Gasteiger partial charge in [0.25, 0.3) is 0 Å². The highest BCUT2D eigenvalue weighted by Crippen LogP contribution is 2.42. The van der Waals surface area contributed by atoms with Gasteiger partial charge in [-0.3, -0.25) is 9.09 Å². The average Bonchev–Trinajstić information content (AvgIpc) is 2.74. The summed E-state index contributed by atoms with van der Waals surface area (Å²) in [6.45, 7) is -1.02. The summed E-state index contributed by atoms with van der Waals surface area (Å²) in [6.07, 6.45) is -0.780. The lowest BCUT2D eigenvalue weighted by molar-refractivity contribution is -0.175. The average molecular weight is 327 g/mol. The molecule has 2 atom stereocenters. The molecule has 1 aromatic rings. The van der Waals surface area contributed by atoms with Crippen molar-refractivity contribution < 1.29 is 32.4 Å². The Hall–Kier alpha value is -1.39. The first-order valence-electron chi connectivity index (χ1n) is 5.71. The second-order valence-corrected chi connectivity index (χ2v) is 5.66. The minimum Gasteiger partial charge on any atom is -0.381 e. The number of alkyl halides is 1. The first-order valence-corrected chi connectivity index (χ1v) is 7.24. The maximum absolute atomic E-state index is 14.1. The van der Waals surface area contributed by atoms with Crippen molar-refractivity contribution in [1.29, 1.82) is 0 Å². The normalized spacial score (nSPS) is 26.2. The quantitative estimate of drug-likeness (QED) is 0.660. The van der Waals surface area contributed by atoms with E-state index < -0.39 is 43.8 Å². The number of nitrogens with two attached hydrogens (primary N) is 1. The Morgan fingerprint density at radius 3 is 2.95 bits per heavy atom. The number of phosphoric ester groups is 1. The van der Waals surface area contributed by atoms with Crippen LogP contribution in [0.25, 0.3) is 0 Å². The topological polar surface area (TPSA) is 137 Å². The molecule has 0 aromatic carbocycles. The number of nitrogens with zero attached hydrogens (tertiary/aromatic N) is 2. The van der Waals surface area contributed by atoms with Crippen LogP contribution in [0.3, 0.4) is 0 Å². The molecule has 0 bridgehead atoms. The molecule has 12 heteroatoms. The smallest absolute Gasteiger partial charge is 0.381 e. The third-order valence-corrected chi connectivity index (χ3v) is 3.27. The Morgan fingerprint density at radius 2 is 2.33 bits per heavy atom. The van der Waals surface area contributed by atoms with E-state index in [1.807, 2.05) is 0 Å². The molecule has 0 unspecified atom stereocenters. The van der Waals surface area contributed by atoms with Crippen molar-refractivity contribution in [2.45, 2.75) is 24.9 Å². The largest absolute Gasteiger partial charge is 0.469 e. The third kappa shape index (κ3) is 3.83. The SMILES string of the molecule is Nc1nc(=O)n([C@H]2CC[C@@](F)(COP(=O)(O)O)O2)cc1F. The van der Waals surface area contributed by atoms with E-state index >= 15 is 0 Å². The first kappa shape index (κ1) is 16.0. The van der Waals surface area contributed by atoms with Crippen LogP contribution in [0, 0.1) is 5.82 Å². The molecule has 0 amide bonds. The number of aromatic nitrogens is 2. The molecule has 1 fully saturated rings. The molecule has 0 aliphatic carbocycles. The van der Waals surface area contributed by atoms with E-state index in [1.165, 1.54) is 0 Å². The molecule has 2 heterocycles.